The van der Waals surface area contributed by atoms with E-state index in [1.165, 1.54) is 25.7 Å². The molecule has 96 valence electrons. The third-order valence-corrected chi connectivity index (χ3v) is 4.69. The lowest BCUT2D eigenvalue weighted by Crippen LogP contribution is -2.34. The van der Waals surface area contributed by atoms with Gasteiger partial charge in [0.2, 0.25) is 0 Å². The number of benzene rings is 1. The van der Waals surface area contributed by atoms with E-state index >= 15 is 0 Å². The van der Waals surface area contributed by atoms with Crippen LogP contribution >= 0.6 is 15.9 Å². The zero-order valence-electron chi connectivity index (χ0n) is 10.7. The Labute approximate surface area is 116 Å². The molecule has 1 aromatic rings. The average Bonchev–Trinajstić information content (AvgIpc) is 3.22. The first-order valence-corrected chi connectivity index (χ1v) is 7.51. The number of carbonyl (C=O) groups excluding carboxylic acids is 1. The number of hydrogen-bond acceptors (Lipinski definition) is 1. The van der Waals surface area contributed by atoms with E-state index in [0.29, 0.717) is 6.04 Å². The van der Waals surface area contributed by atoms with Gasteiger partial charge in [0.05, 0.1) is 0 Å². The van der Waals surface area contributed by atoms with Gasteiger partial charge in [0.25, 0.3) is 5.91 Å². The molecule has 2 aliphatic rings. The fraction of sp³-hybridized carbons (Fsp3) is 0.533. The van der Waals surface area contributed by atoms with Crippen molar-refractivity contribution in [1.82, 2.24) is 4.90 Å². The highest BCUT2D eigenvalue weighted by Gasteiger charge is 2.36. The Morgan fingerprint density at radius 3 is 2.61 bits per heavy atom. The van der Waals surface area contributed by atoms with Gasteiger partial charge in [0.1, 0.15) is 0 Å². The van der Waals surface area contributed by atoms with E-state index in [0.717, 1.165) is 28.1 Å². The summed E-state index contributed by atoms with van der Waals surface area (Å²) in [5.41, 5.74) is 1.96. The summed E-state index contributed by atoms with van der Waals surface area (Å²) < 4.78 is 1.07. The molecule has 0 atom stereocenters. The third kappa shape index (κ3) is 2.61. The van der Waals surface area contributed by atoms with Crippen molar-refractivity contribution < 1.29 is 4.79 Å². The highest BCUT2D eigenvalue weighted by Crippen LogP contribution is 2.35. The van der Waals surface area contributed by atoms with Crippen LogP contribution in [0.2, 0.25) is 0 Å². The molecule has 2 fully saturated rings. The zero-order chi connectivity index (χ0) is 12.7. The van der Waals surface area contributed by atoms with Crippen LogP contribution in [0, 0.1) is 12.8 Å². The van der Waals surface area contributed by atoms with Crippen LogP contribution in [0.25, 0.3) is 0 Å². The van der Waals surface area contributed by atoms with Gasteiger partial charge in [-0.15, -0.1) is 0 Å². The van der Waals surface area contributed by atoms with Crippen LogP contribution in [0.5, 0.6) is 0 Å². The van der Waals surface area contributed by atoms with Crippen molar-refractivity contribution in [2.24, 2.45) is 5.92 Å². The summed E-state index contributed by atoms with van der Waals surface area (Å²) in [6.07, 6.45) is 4.98. The molecule has 0 spiro atoms. The molecule has 2 nitrogen and oxygen atoms in total. The first-order valence-electron chi connectivity index (χ1n) is 6.72. The number of nitrogens with zero attached hydrogens (tertiary/aromatic N) is 1. The quantitative estimate of drug-likeness (QED) is 0.829. The molecule has 1 amide bonds. The Morgan fingerprint density at radius 1 is 1.33 bits per heavy atom. The van der Waals surface area contributed by atoms with Crippen molar-refractivity contribution in [2.75, 3.05) is 6.54 Å². The minimum Gasteiger partial charge on any atom is -0.335 e. The van der Waals surface area contributed by atoms with E-state index < -0.39 is 0 Å². The molecule has 2 aliphatic carbocycles. The fourth-order valence-corrected chi connectivity index (χ4v) is 2.55. The summed E-state index contributed by atoms with van der Waals surface area (Å²) in [4.78, 5) is 14.7. The first-order chi connectivity index (χ1) is 8.65. The Kier molecular flexibility index (Phi) is 3.18. The molecular weight excluding hydrogens is 290 g/mol. The van der Waals surface area contributed by atoms with E-state index in [1.807, 2.05) is 25.1 Å². The lowest BCUT2D eigenvalue weighted by atomic mass is 10.1. The van der Waals surface area contributed by atoms with Gasteiger partial charge in [-0.25, -0.2) is 0 Å². The molecule has 1 aromatic carbocycles. The summed E-state index contributed by atoms with van der Waals surface area (Å²) in [5.74, 6) is 0.992. The topological polar surface area (TPSA) is 20.3 Å². The molecule has 3 rings (SSSR count). The van der Waals surface area contributed by atoms with Crippen LogP contribution in [0.15, 0.2) is 22.7 Å². The summed E-state index contributed by atoms with van der Waals surface area (Å²) in [6.45, 7) is 3.00. The van der Waals surface area contributed by atoms with Crippen LogP contribution in [0.1, 0.15) is 41.6 Å². The molecule has 0 unspecified atom stereocenters. The Morgan fingerprint density at radius 2 is 2.06 bits per heavy atom. The van der Waals surface area contributed by atoms with E-state index in [4.69, 9.17) is 0 Å². The van der Waals surface area contributed by atoms with Crippen LogP contribution in [-0.2, 0) is 0 Å². The van der Waals surface area contributed by atoms with Gasteiger partial charge in [-0.2, -0.15) is 0 Å². The molecule has 0 radical (unpaired) electrons. The van der Waals surface area contributed by atoms with Crippen LogP contribution in [0.3, 0.4) is 0 Å². The predicted molar refractivity (Wildman–Crippen MR) is 75.7 cm³/mol. The maximum absolute atomic E-state index is 12.6. The number of amides is 1. The highest BCUT2D eigenvalue weighted by molar-refractivity contribution is 9.10. The van der Waals surface area contributed by atoms with Gasteiger partial charge in [-0.1, -0.05) is 15.9 Å². The first kappa shape index (κ1) is 12.2. The third-order valence-electron chi connectivity index (χ3n) is 3.81. The molecule has 0 bridgehead atoms. The molecule has 0 heterocycles. The van der Waals surface area contributed by atoms with E-state index in [2.05, 4.69) is 20.8 Å². The number of rotatable bonds is 4. The molecule has 18 heavy (non-hydrogen) atoms. The van der Waals surface area contributed by atoms with Gasteiger partial charge >= 0.3 is 0 Å². The lowest BCUT2D eigenvalue weighted by molar-refractivity contribution is 0.0734. The lowest BCUT2D eigenvalue weighted by Gasteiger charge is -2.22. The van der Waals surface area contributed by atoms with Crippen molar-refractivity contribution in [3.8, 4) is 0 Å². The standard InChI is InChI=1S/C15H18BrNO/c1-10-8-12(4-7-14(10)16)15(18)17(13-5-6-13)9-11-2-3-11/h4,7-8,11,13H,2-3,5-6,9H2,1H3. The molecule has 3 heteroatoms. The van der Waals surface area contributed by atoms with E-state index in [1.54, 1.807) is 0 Å². The minimum atomic E-state index is 0.222. The second-order valence-electron chi connectivity index (χ2n) is 5.60. The summed E-state index contributed by atoms with van der Waals surface area (Å²) in [5, 5.41) is 0. The van der Waals surface area contributed by atoms with Gasteiger partial charge in [0, 0.05) is 22.6 Å². The summed E-state index contributed by atoms with van der Waals surface area (Å²) in [7, 11) is 0. The number of aryl methyl sites for hydroxylation is 1. The van der Waals surface area contributed by atoms with E-state index in [9.17, 15) is 4.79 Å². The number of carbonyl (C=O) groups is 1. The maximum Gasteiger partial charge on any atom is 0.254 e. The van der Waals surface area contributed by atoms with Gasteiger partial charge in [-0.3, -0.25) is 4.79 Å². The second-order valence-corrected chi connectivity index (χ2v) is 6.45. The van der Waals surface area contributed by atoms with Crippen LogP contribution in [-0.4, -0.2) is 23.4 Å². The van der Waals surface area contributed by atoms with E-state index in [-0.39, 0.29) is 5.91 Å². The van der Waals surface area contributed by atoms with Crippen molar-refractivity contribution in [3.63, 3.8) is 0 Å². The molecule has 0 saturated heterocycles. The van der Waals surface area contributed by atoms with Crippen LogP contribution in [0.4, 0.5) is 0 Å². The molecule has 0 N–H and O–H groups in total. The number of hydrogen-bond donors (Lipinski definition) is 0. The minimum absolute atomic E-state index is 0.222. The van der Waals surface area contributed by atoms with Crippen molar-refractivity contribution >= 4 is 21.8 Å². The van der Waals surface area contributed by atoms with Gasteiger partial charge in [-0.05, 0) is 62.3 Å². The molecular formula is C15H18BrNO. The molecule has 0 aromatic heterocycles. The Bertz CT molecular complexity index is 477. The number of halogens is 1. The second kappa shape index (κ2) is 4.69. The Balaban J connectivity index is 1.79. The SMILES string of the molecule is Cc1cc(C(=O)N(CC2CC2)C2CC2)ccc1Br. The Hall–Kier alpha value is -0.830. The van der Waals surface area contributed by atoms with Crippen molar-refractivity contribution in [3.05, 3.63) is 33.8 Å². The monoisotopic (exact) mass is 307 g/mol. The zero-order valence-corrected chi connectivity index (χ0v) is 12.2. The largest absolute Gasteiger partial charge is 0.335 e. The smallest absolute Gasteiger partial charge is 0.254 e. The predicted octanol–water partition coefficient (Wildman–Crippen LogP) is 3.77. The molecule has 0 aliphatic heterocycles. The normalized spacial score (nSPS) is 18.8. The fourth-order valence-electron chi connectivity index (χ4n) is 2.31. The average molecular weight is 308 g/mol. The van der Waals surface area contributed by atoms with Crippen molar-refractivity contribution in [2.45, 2.75) is 38.6 Å². The molecule has 2 saturated carbocycles. The summed E-state index contributed by atoms with van der Waals surface area (Å²) in [6, 6.07) is 6.42. The van der Waals surface area contributed by atoms with Gasteiger partial charge in [0.15, 0.2) is 0 Å². The summed E-state index contributed by atoms with van der Waals surface area (Å²) >= 11 is 3.48. The van der Waals surface area contributed by atoms with Crippen molar-refractivity contribution in [1.29, 1.82) is 0 Å². The maximum atomic E-state index is 12.6. The van der Waals surface area contributed by atoms with Crippen LogP contribution < -0.4 is 0 Å². The van der Waals surface area contributed by atoms with Gasteiger partial charge < -0.3 is 4.90 Å². The highest BCUT2D eigenvalue weighted by atomic mass is 79.9.